The molecular weight excluding hydrogens is 444 g/mol. The van der Waals surface area contributed by atoms with Crippen LogP contribution in [0.1, 0.15) is 70.9 Å². The number of hydrogen-bond acceptors (Lipinski definition) is 4. The summed E-state index contributed by atoms with van der Waals surface area (Å²) in [5, 5.41) is 15.1. The fourth-order valence-electron chi connectivity index (χ4n) is 4.28. The summed E-state index contributed by atoms with van der Waals surface area (Å²) in [5.74, 6) is -1.52. The smallest absolute Gasteiger partial charge is 0.407 e. The van der Waals surface area contributed by atoms with Crippen LogP contribution in [0, 0.1) is 5.41 Å². The highest BCUT2D eigenvalue weighted by Crippen LogP contribution is 2.44. The molecule has 2 aromatic carbocycles. The van der Waals surface area contributed by atoms with Crippen molar-refractivity contribution in [3.8, 4) is 11.1 Å². The lowest BCUT2D eigenvalue weighted by atomic mass is 9.74. The molecule has 0 spiro atoms. The van der Waals surface area contributed by atoms with Crippen molar-refractivity contribution >= 4 is 18.0 Å². The summed E-state index contributed by atoms with van der Waals surface area (Å²) in [4.78, 5) is 37.6. The number of amides is 2. The second-order valence-electron chi connectivity index (χ2n) is 10.2. The molecule has 3 rings (SSSR count). The largest absolute Gasteiger partial charge is 0.481 e. The first-order chi connectivity index (χ1) is 16.5. The number of nitrogens with one attached hydrogen (secondary N) is 2. The predicted molar refractivity (Wildman–Crippen MR) is 135 cm³/mol. The van der Waals surface area contributed by atoms with Gasteiger partial charge in [0.05, 0.1) is 11.0 Å². The third kappa shape index (κ3) is 5.50. The fourth-order valence-corrected chi connectivity index (χ4v) is 4.28. The Morgan fingerprint density at radius 3 is 2.03 bits per heavy atom. The van der Waals surface area contributed by atoms with Crippen molar-refractivity contribution < 1.29 is 24.2 Å². The second kappa shape index (κ2) is 10.5. The van der Waals surface area contributed by atoms with Crippen LogP contribution in [0.4, 0.5) is 4.79 Å². The Morgan fingerprint density at radius 1 is 0.971 bits per heavy atom. The lowest BCUT2D eigenvalue weighted by Crippen LogP contribution is -2.60. The lowest BCUT2D eigenvalue weighted by Gasteiger charge is -2.39. The molecule has 2 amide bonds. The molecule has 1 aliphatic carbocycles. The lowest BCUT2D eigenvalue weighted by molar-refractivity contribution is -0.152. The van der Waals surface area contributed by atoms with Crippen molar-refractivity contribution in [1.82, 2.24) is 10.6 Å². The third-order valence-corrected chi connectivity index (χ3v) is 7.33. The van der Waals surface area contributed by atoms with Crippen molar-refractivity contribution in [3.05, 3.63) is 59.7 Å². The Bertz CT molecular complexity index is 1050. The first kappa shape index (κ1) is 26.3. The molecule has 0 aliphatic heterocycles. The SMILES string of the molecule is CCCCC(NC(=O)OCC1c2ccccc2-c2ccccc21)C(=O)NC(C)(C)C(C)(C)C(=O)O. The molecular formula is C28H36N2O5. The van der Waals surface area contributed by atoms with Gasteiger partial charge in [0.1, 0.15) is 12.6 Å². The maximum atomic E-state index is 13.1. The van der Waals surface area contributed by atoms with Crippen molar-refractivity contribution in [2.24, 2.45) is 5.41 Å². The van der Waals surface area contributed by atoms with E-state index in [0.717, 1.165) is 35.1 Å². The Morgan fingerprint density at radius 2 is 1.51 bits per heavy atom. The summed E-state index contributed by atoms with van der Waals surface area (Å²) < 4.78 is 5.61. The molecule has 0 fully saturated rings. The van der Waals surface area contributed by atoms with Crippen LogP contribution in [0.5, 0.6) is 0 Å². The second-order valence-corrected chi connectivity index (χ2v) is 10.2. The Kier molecular flexibility index (Phi) is 7.88. The molecule has 0 heterocycles. The Balaban J connectivity index is 1.68. The summed E-state index contributed by atoms with van der Waals surface area (Å²) in [6.45, 7) is 8.62. The molecule has 3 N–H and O–H groups in total. The van der Waals surface area contributed by atoms with E-state index in [9.17, 15) is 19.5 Å². The van der Waals surface area contributed by atoms with E-state index in [1.54, 1.807) is 27.7 Å². The number of alkyl carbamates (subject to hydrolysis) is 1. The van der Waals surface area contributed by atoms with Gasteiger partial charge in [-0.3, -0.25) is 9.59 Å². The highest BCUT2D eigenvalue weighted by molar-refractivity contribution is 5.87. The number of fused-ring (bicyclic) bond motifs is 3. The van der Waals surface area contributed by atoms with Gasteiger partial charge in [-0.1, -0.05) is 68.3 Å². The number of hydrogen-bond donors (Lipinski definition) is 3. The van der Waals surface area contributed by atoms with Crippen molar-refractivity contribution in [3.63, 3.8) is 0 Å². The van der Waals surface area contributed by atoms with Crippen LogP contribution < -0.4 is 10.6 Å². The number of rotatable bonds is 10. The Labute approximate surface area is 207 Å². The highest BCUT2D eigenvalue weighted by Gasteiger charge is 2.45. The quantitative estimate of drug-likeness (QED) is 0.439. The molecule has 0 aromatic heterocycles. The van der Waals surface area contributed by atoms with E-state index < -0.39 is 35.0 Å². The maximum absolute atomic E-state index is 13.1. The van der Waals surface area contributed by atoms with Crippen LogP contribution in [-0.2, 0) is 14.3 Å². The van der Waals surface area contributed by atoms with Crippen LogP contribution in [0.15, 0.2) is 48.5 Å². The number of carbonyl (C=O) groups excluding carboxylic acids is 2. The number of carboxylic acid groups (broad SMARTS) is 1. The van der Waals surface area contributed by atoms with Gasteiger partial charge in [0, 0.05) is 5.92 Å². The van der Waals surface area contributed by atoms with Gasteiger partial charge in [-0.15, -0.1) is 0 Å². The minimum atomic E-state index is -1.21. The van der Waals surface area contributed by atoms with Gasteiger partial charge >= 0.3 is 12.1 Å². The first-order valence-electron chi connectivity index (χ1n) is 12.2. The van der Waals surface area contributed by atoms with Crippen LogP contribution in [-0.4, -0.2) is 41.3 Å². The standard InChI is InChI=1S/C28H36N2O5/c1-6-7-16-23(24(31)30-28(4,5)27(2,3)25(32)33)29-26(34)35-17-22-20-14-10-8-12-18(20)19-13-9-11-15-21(19)22/h8-15,22-23H,6-7,16-17H2,1-5H3,(H,29,34)(H,30,31)(H,32,33). The fraction of sp³-hybridized carbons (Fsp3) is 0.464. The number of unbranched alkanes of at least 4 members (excludes halogenated alkanes) is 1. The molecule has 35 heavy (non-hydrogen) atoms. The average molecular weight is 481 g/mol. The van der Waals surface area contributed by atoms with Crippen LogP contribution in [0.25, 0.3) is 11.1 Å². The molecule has 0 radical (unpaired) electrons. The predicted octanol–water partition coefficient (Wildman–Crippen LogP) is 5.09. The molecule has 1 unspecified atom stereocenters. The van der Waals surface area contributed by atoms with Crippen molar-refractivity contribution in [2.45, 2.75) is 71.4 Å². The number of ether oxygens (including phenoxy) is 1. The summed E-state index contributed by atoms with van der Waals surface area (Å²) in [6, 6.07) is 15.3. The molecule has 2 aromatic rings. The maximum Gasteiger partial charge on any atom is 0.407 e. The molecule has 0 saturated carbocycles. The normalized spacial score (nSPS) is 14.0. The van der Waals surface area contributed by atoms with E-state index in [4.69, 9.17) is 4.74 Å². The molecule has 1 atom stereocenters. The van der Waals surface area contributed by atoms with Gasteiger partial charge in [0.2, 0.25) is 5.91 Å². The van der Waals surface area contributed by atoms with Crippen LogP contribution in [0.3, 0.4) is 0 Å². The van der Waals surface area contributed by atoms with E-state index in [0.29, 0.717) is 6.42 Å². The van der Waals surface area contributed by atoms with E-state index in [1.807, 2.05) is 43.3 Å². The minimum Gasteiger partial charge on any atom is -0.481 e. The number of carbonyl (C=O) groups is 3. The number of benzene rings is 2. The van der Waals surface area contributed by atoms with Gasteiger partial charge in [-0.25, -0.2) is 4.79 Å². The monoisotopic (exact) mass is 480 g/mol. The molecule has 7 nitrogen and oxygen atoms in total. The van der Waals surface area contributed by atoms with Crippen molar-refractivity contribution in [1.29, 1.82) is 0 Å². The van der Waals surface area contributed by atoms with Gasteiger partial charge in [-0.2, -0.15) is 0 Å². The van der Waals surface area contributed by atoms with Crippen LogP contribution >= 0.6 is 0 Å². The first-order valence-corrected chi connectivity index (χ1v) is 12.2. The minimum absolute atomic E-state index is 0.0774. The zero-order valence-electron chi connectivity index (χ0n) is 21.2. The molecule has 0 bridgehead atoms. The molecule has 7 heteroatoms. The van der Waals surface area contributed by atoms with Gasteiger partial charge in [-0.05, 0) is 56.4 Å². The van der Waals surface area contributed by atoms with E-state index in [1.165, 1.54) is 0 Å². The summed E-state index contributed by atoms with van der Waals surface area (Å²) in [5.41, 5.74) is 2.25. The number of aliphatic carboxylic acids is 1. The Hall–Kier alpha value is -3.35. The topological polar surface area (TPSA) is 105 Å². The van der Waals surface area contributed by atoms with Gasteiger partial charge in [0.15, 0.2) is 0 Å². The van der Waals surface area contributed by atoms with Crippen molar-refractivity contribution in [2.75, 3.05) is 6.61 Å². The zero-order valence-corrected chi connectivity index (χ0v) is 21.2. The number of carboxylic acids is 1. The average Bonchev–Trinajstić information content (AvgIpc) is 3.13. The summed E-state index contributed by atoms with van der Waals surface area (Å²) >= 11 is 0. The summed E-state index contributed by atoms with van der Waals surface area (Å²) in [6.07, 6.45) is 1.33. The molecule has 0 saturated heterocycles. The van der Waals surface area contributed by atoms with E-state index >= 15 is 0 Å². The van der Waals surface area contributed by atoms with E-state index in [-0.39, 0.29) is 12.5 Å². The molecule has 188 valence electrons. The zero-order chi connectivity index (χ0) is 25.8. The van der Waals surface area contributed by atoms with E-state index in [2.05, 4.69) is 22.8 Å². The van der Waals surface area contributed by atoms with Crippen LogP contribution in [0.2, 0.25) is 0 Å². The summed E-state index contributed by atoms with van der Waals surface area (Å²) in [7, 11) is 0. The van der Waals surface area contributed by atoms with Gasteiger partial charge in [0.25, 0.3) is 0 Å². The third-order valence-electron chi connectivity index (χ3n) is 7.33. The highest BCUT2D eigenvalue weighted by atomic mass is 16.5. The molecule has 1 aliphatic rings. The van der Waals surface area contributed by atoms with Gasteiger partial charge < -0.3 is 20.5 Å².